The lowest BCUT2D eigenvalue weighted by Crippen LogP contribution is -2.14. The SMILES string of the molecule is N#Cc1ccc(CSc2nnc(-c3ccccc3)c(=O)[nH]2)cc1. The van der Waals surface area contributed by atoms with Crippen LogP contribution in [0.3, 0.4) is 0 Å². The number of thioether (sulfide) groups is 1. The lowest BCUT2D eigenvalue weighted by molar-refractivity contribution is 0.824. The third-order valence-electron chi connectivity index (χ3n) is 3.18. The van der Waals surface area contributed by atoms with E-state index in [2.05, 4.69) is 21.3 Å². The molecule has 0 radical (unpaired) electrons. The molecule has 112 valence electrons. The maximum Gasteiger partial charge on any atom is 0.278 e. The van der Waals surface area contributed by atoms with Gasteiger partial charge < -0.3 is 0 Å². The number of nitrogens with one attached hydrogen (secondary N) is 1. The van der Waals surface area contributed by atoms with E-state index >= 15 is 0 Å². The Kier molecular flexibility index (Phi) is 4.50. The maximum absolute atomic E-state index is 12.1. The molecule has 0 saturated carbocycles. The Bertz CT molecular complexity index is 898. The van der Waals surface area contributed by atoms with Gasteiger partial charge in [0.1, 0.15) is 0 Å². The van der Waals surface area contributed by atoms with Gasteiger partial charge in [0.2, 0.25) is 0 Å². The minimum Gasteiger partial charge on any atom is -0.298 e. The van der Waals surface area contributed by atoms with E-state index < -0.39 is 0 Å². The molecule has 0 bridgehead atoms. The van der Waals surface area contributed by atoms with E-state index in [0.717, 1.165) is 11.1 Å². The van der Waals surface area contributed by atoms with Crippen LogP contribution < -0.4 is 5.56 Å². The minimum absolute atomic E-state index is 0.256. The molecule has 1 heterocycles. The summed E-state index contributed by atoms with van der Waals surface area (Å²) in [5.74, 6) is 0.640. The zero-order valence-corrected chi connectivity index (χ0v) is 12.9. The van der Waals surface area contributed by atoms with Gasteiger partial charge in [-0.05, 0) is 17.7 Å². The summed E-state index contributed by atoms with van der Waals surface area (Å²) in [4.78, 5) is 14.9. The first-order chi connectivity index (χ1) is 11.3. The molecule has 0 unspecified atom stereocenters. The van der Waals surface area contributed by atoms with Crippen molar-refractivity contribution in [3.63, 3.8) is 0 Å². The number of nitriles is 1. The van der Waals surface area contributed by atoms with Gasteiger partial charge in [-0.1, -0.05) is 54.2 Å². The second kappa shape index (κ2) is 6.90. The summed E-state index contributed by atoms with van der Waals surface area (Å²) in [6, 6.07) is 18.6. The van der Waals surface area contributed by atoms with Crippen molar-refractivity contribution in [1.29, 1.82) is 5.26 Å². The van der Waals surface area contributed by atoms with Gasteiger partial charge in [-0.2, -0.15) is 5.26 Å². The maximum atomic E-state index is 12.1. The van der Waals surface area contributed by atoms with Crippen LogP contribution in [0.15, 0.2) is 64.5 Å². The lowest BCUT2D eigenvalue weighted by atomic mass is 10.2. The Morgan fingerprint density at radius 1 is 1.04 bits per heavy atom. The summed E-state index contributed by atoms with van der Waals surface area (Å²) >= 11 is 1.39. The molecule has 5 nitrogen and oxygen atoms in total. The summed E-state index contributed by atoms with van der Waals surface area (Å²) in [5.41, 5.74) is 2.47. The van der Waals surface area contributed by atoms with Gasteiger partial charge in [0, 0.05) is 11.3 Å². The Morgan fingerprint density at radius 3 is 2.43 bits per heavy atom. The molecule has 0 spiro atoms. The molecule has 3 aromatic rings. The van der Waals surface area contributed by atoms with Gasteiger partial charge in [0.15, 0.2) is 10.9 Å². The number of H-pyrrole nitrogens is 1. The molecule has 1 aromatic heterocycles. The Balaban J connectivity index is 1.73. The first-order valence-electron chi connectivity index (χ1n) is 6.90. The third-order valence-corrected chi connectivity index (χ3v) is 4.12. The molecule has 0 aliphatic heterocycles. The molecule has 0 aliphatic rings. The third kappa shape index (κ3) is 3.65. The van der Waals surface area contributed by atoms with Crippen LogP contribution in [0.2, 0.25) is 0 Å². The highest BCUT2D eigenvalue weighted by molar-refractivity contribution is 7.98. The first kappa shape index (κ1) is 15.0. The molecule has 1 N–H and O–H groups in total. The summed E-state index contributed by atoms with van der Waals surface area (Å²) < 4.78 is 0. The van der Waals surface area contributed by atoms with E-state index in [9.17, 15) is 4.79 Å². The summed E-state index contributed by atoms with van der Waals surface area (Å²) in [7, 11) is 0. The van der Waals surface area contributed by atoms with Crippen LogP contribution in [0, 0.1) is 11.3 Å². The molecule has 0 atom stereocenters. The molecular weight excluding hydrogens is 308 g/mol. The number of aromatic amines is 1. The van der Waals surface area contributed by atoms with Gasteiger partial charge in [-0.25, -0.2) is 0 Å². The normalized spacial score (nSPS) is 10.2. The van der Waals surface area contributed by atoms with E-state index in [1.807, 2.05) is 42.5 Å². The van der Waals surface area contributed by atoms with E-state index in [0.29, 0.717) is 22.2 Å². The average molecular weight is 320 g/mol. The predicted octanol–water partition coefficient (Wildman–Crippen LogP) is 3.00. The lowest BCUT2D eigenvalue weighted by Gasteiger charge is -2.02. The zero-order chi connectivity index (χ0) is 16.1. The first-order valence-corrected chi connectivity index (χ1v) is 7.89. The Morgan fingerprint density at radius 2 is 1.78 bits per heavy atom. The second-order valence-electron chi connectivity index (χ2n) is 4.77. The highest BCUT2D eigenvalue weighted by Crippen LogP contribution is 2.19. The zero-order valence-electron chi connectivity index (χ0n) is 12.1. The van der Waals surface area contributed by atoms with Crippen molar-refractivity contribution in [3.05, 3.63) is 76.1 Å². The fraction of sp³-hybridized carbons (Fsp3) is 0.0588. The van der Waals surface area contributed by atoms with Crippen LogP contribution >= 0.6 is 11.8 Å². The number of hydrogen-bond acceptors (Lipinski definition) is 5. The molecule has 23 heavy (non-hydrogen) atoms. The fourth-order valence-electron chi connectivity index (χ4n) is 2.00. The minimum atomic E-state index is -0.256. The van der Waals surface area contributed by atoms with Crippen molar-refractivity contribution >= 4 is 11.8 Å². The number of benzene rings is 2. The Labute approximate surface area is 137 Å². The van der Waals surface area contributed by atoms with Crippen LogP contribution in [0.25, 0.3) is 11.3 Å². The van der Waals surface area contributed by atoms with E-state index in [-0.39, 0.29) is 5.56 Å². The number of hydrogen-bond donors (Lipinski definition) is 1. The van der Waals surface area contributed by atoms with Gasteiger partial charge in [0.05, 0.1) is 11.6 Å². The summed E-state index contributed by atoms with van der Waals surface area (Å²) in [6.45, 7) is 0. The molecule has 2 aromatic carbocycles. The molecular formula is C17H12N4OS. The standard InChI is InChI=1S/C17H12N4OS/c18-10-12-6-8-13(9-7-12)11-23-17-19-16(22)15(20-21-17)14-4-2-1-3-5-14/h1-9H,11H2,(H,19,21,22). The van der Waals surface area contributed by atoms with Crippen LogP contribution in [0.4, 0.5) is 0 Å². The number of rotatable bonds is 4. The highest BCUT2D eigenvalue weighted by Gasteiger charge is 2.07. The summed E-state index contributed by atoms with van der Waals surface area (Å²) in [5, 5.41) is 17.3. The largest absolute Gasteiger partial charge is 0.298 e. The van der Waals surface area contributed by atoms with Gasteiger partial charge in [-0.3, -0.25) is 9.78 Å². The van der Waals surface area contributed by atoms with Gasteiger partial charge in [0.25, 0.3) is 5.56 Å². The van der Waals surface area contributed by atoms with E-state index in [1.165, 1.54) is 11.8 Å². The van der Waals surface area contributed by atoms with Crippen molar-refractivity contribution in [1.82, 2.24) is 15.2 Å². The van der Waals surface area contributed by atoms with Crippen LogP contribution in [0.5, 0.6) is 0 Å². The topological polar surface area (TPSA) is 82.4 Å². The number of nitrogens with zero attached hydrogens (tertiary/aromatic N) is 3. The van der Waals surface area contributed by atoms with E-state index in [4.69, 9.17) is 5.26 Å². The quantitative estimate of drug-likeness (QED) is 0.747. The van der Waals surface area contributed by atoms with Crippen molar-refractivity contribution in [2.45, 2.75) is 10.9 Å². The molecule has 0 aliphatic carbocycles. The van der Waals surface area contributed by atoms with Crippen LogP contribution in [-0.4, -0.2) is 15.2 Å². The van der Waals surface area contributed by atoms with Crippen molar-refractivity contribution in [2.75, 3.05) is 0 Å². The highest BCUT2D eigenvalue weighted by atomic mass is 32.2. The molecule has 0 fully saturated rings. The average Bonchev–Trinajstić information content (AvgIpc) is 2.61. The number of aromatic nitrogens is 3. The molecule has 0 saturated heterocycles. The fourth-order valence-corrected chi connectivity index (χ4v) is 2.76. The van der Waals surface area contributed by atoms with Crippen molar-refractivity contribution in [2.24, 2.45) is 0 Å². The van der Waals surface area contributed by atoms with Crippen LogP contribution in [0.1, 0.15) is 11.1 Å². The van der Waals surface area contributed by atoms with Gasteiger partial charge in [-0.15, -0.1) is 10.2 Å². The summed E-state index contributed by atoms with van der Waals surface area (Å²) in [6.07, 6.45) is 0. The molecule has 3 rings (SSSR count). The smallest absolute Gasteiger partial charge is 0.278 e. The molecule has 0 amide bonds. The monoisotopic (exact) mass is 320 g/mol. The predicted molar refractivity (Wildman–Crippen MR) is 88.8 cm³/mol. The van der Waals surface area contributed by atoms with E-state index in [1.54, 1.807) is 12.1 Å². The van der Waals surface area contributed by atoms with Crippen molar-refractivity contribution in [3.8, 4) is 17.3 Å². The molecule has 6 heteroatoms. The van der Waals surface area contributed by atoms with Crippen LogP contribution in [-0.2, 0) is 5.75 Å². The second-order valence-corrected chi connectivity index (χ2v) is 5.74. The van der Waals surface area contributed by atoms with Gasteiger partial charge >= 0.3 is 0 Å². The van der Waals surface area contributed by atoms with Crippen molar-refractivity contribution < 1.29 is 0 Å². The Hall–Kier alpha value is -2.91.